The number of hydrogen-bond donors (Lipinski definition) is 0. The van der Waals surface area contributed by atoms with Crippen LogP contribution in [0, 0.1) is 12.8 Å². The smallest absolute Gasteiger partial charge is 0.141 e. The van der Waals surface area contributed by atoms with Crippen molar-refractivity contribution >= 4 is 5.78 Å². The van der Waals surface area contributed by atoms with E-state index in [1.54, 1.807) is 0 Å². The van der Waals surface area contributed by atoms with Crippen LogP contribution in [0.25, 0.3) is 0 Å². The summed E-state index contributed by atoms with van der Waals surface area (Å²) in [4.78, 5) is 18.7. The zero-order valence-electron chi connectivity index (χ0n) is 21.7. The molecule has 1 atom stereocenters. The quantitative estimate of drug-likeness (QED) is 0.373. The SMILES string of the molecule is Cc1ccccc1CN1CCC(CCC(=O)C2CN(Cc3ccccc3)CCc3ccccc32)CC1. The second kappa shape index (κ2) is 12.0. The molecule has 2 aliphatic rings. The largest absolute Gasteiger partial charge is 0.299 e. The number of likely N-dealkylation sites (tertiary alicyclic amines) is 1. The number of piperidine rings is 1. The van der Waals surface area contributed by atoms with E-state index in [-0.39, 0.29) is 5.92 Å². The first-order chi connectivity index (χ1) is 17.7. The summed E-state index contributed by atoms with van der Waals surface area (Å²) in [6.45, 7) is 8.30. The van der Waals surface area contributed by atoms with E-state index in [1.165, 1.54) is 40.7 Å². The van der Waals surface area contributed by atoms with Gasteiger partial charge in [0.1, 0.15) is 5.78 Å². The van der Waals surface area contributed by atoms with Crippen LogP contribution in [-0.4, -0.2) is 41.8 Å². The molecule has 0 amide bonds. The Labute approximate surface area is 217 Å². The average molecular weight is 481 g/mol. The highest BCUT2D eigenvalue weighted by atomic mass is 16.1. The van der Waals surface area contributed by atoms with Crippen LogP contribution in [0.2, 0.25) is 0 Å². The Hall–Kier alpha value is -2.75. The van der Waals surface area contributed by atoms with E-state index < -0.39 is 0 Å². The number of nitrogens with zero attached hydrogens (tertiary/aromatic N) is 2. The molecule has 1 fully saturated rings. The van der Waals surface area contributed by atoms with Crippen molar-refractivity contribution < 1.29 is 4.79 Å². The molecule has 0 saturated carbocycles. The number of hydrogen-bond acceptors (Lipinski definition) is 3. The highest BCUT2D eigenvalue weighted by Gasteiger charge is 2.29. The summed E-state index contributed by atoms with van der Waals surface area (Å²) in [6, 6.07) is 28.1. The zero-order valence-corrected chi connectivity index (χ0v) is 21.7. The number of fused-ring (bicyclic) bond motifs is 1. The highest BCUT2D eigenvalue weighted by Crippen LogP contribution is 2.30. The third-order valence-corrected chi connectivity index (χ3v) is 8.37. The number of aryl methyl sites for hydroxylation is 1. The van der Waals surface area contributed by atoms with Gasteiger partial charge in [0.2, 0.25) is 0 Å². The van der Waals surface area contributed by atoms with Gasteiger partial charge < -0.3 is 0 Å². The van der Waals surface area contributed by atoms with Crippen LogP contribution in [0.15, 0.2) is 78.9 Å². The molecule has 3 aromatic carbocycles. The fourth-order valence-corrected chi connectivity index (χ4v) is 6.07. The van der Waals surface area contributed by atoms with E-state index >= 15 is 0 Å². The minimum atomic E-state index is -0.00597. The molecule has 36 heavy (non-hydrogen) atoms. The second-order valence-electron chi connectivity index (χ2n) is 10.9. The highest BCUT2D eigenvalue weighted by molar-refractivity contribution is 5.86. The molecule has 0 N–H and O–H groups in total. The zero-order chi connectivity index (χ0) is 24.7. The molecule has 0 aliphatic carbocycles. The molecule has 0 bridgehead atoms. The van der Waals surface area contributed by atoms with Crippen LogP contribution < -0.4 is 0 Å². The Morgan fingerprint density at radius 1 is 0.806 bits per heavy atom. The van der Waals surface area contributed by atoms with Gasteiger partial charge in [0.15, 0.2) is 0 Å². The number of rotatable bonds is 8. The van der Waals surface area contributed by atoms with Crippen molar-refractivity contribution in [3.63, 3.8) is 0 Å². The van der Waals surface area contributed by atoms with Gasteiger partial charge in [-0.15, -0.1) is 0 Å². The number of ketones is 1. The van der Waals surface area contributed by atoms with Crippen molar-refractivity contribution in [3.8, 4) is 0 Å². The fourth-order valence-electron chi connectivity index (χ4n) is 6.07. The van der Waals surface area contributed by atoms with Crippen molar-refractivity contribution in [2.24, 2.45) is 5.92 Å². The molecule has 1 unspecified atom stereocenters. The predicted molar refractivity (Wildman–Crippen MR) is 148 cm³/mol. The molecule has 188 valence electrons. The molecule has 3 nitrogen and oxygen atoms in total. The van der Waals surface area contributed by atoms with Gasteiger partial charge in [-0.05, 0) is 79.4 Å². The van der Waals surface area contributed by atoms with Crippen LogP contribution in [0.3, 0.4) is 0 Å². The summed E-state index contributed by atoms with van der Waals surface area (Å²) in [5.41, 5.74) is 6.78. The maximum absolute atomic E-state index is 13.7. The second-order valence-corrected chi connectivity index (χ2v) is 10.9. The number of carbonyl (C=O) groups is 1. The maximum atomic E-state index is 13.7. The van der Waals surface area contributed by atoms with Gasteiger partial charge in [-0.2, -0.15) is 0 Å². The number of Topliss-reactive ketones (excluding diaryl/α,β-unsaturated/α-hetero) is 1. The lowest BCUT2D eigenvalue weighted by molar-refractivity contribution is -0.121. The van der Waals surface area contributed by atoms with Crippen LogP contribution in [0.1, 0.15) is 59.4 Å². The van der Waals surface area contributed by atoms with Gasteiger partial charge in [-0.3, -0.25) is 14.6 Å². The van der Waals surface area contributed by atoms with Crippen molar-refractivity contribution in [2.45, 2.75) is 58.0 Å². The topological polar surface area (TPSA) is 23.6 Å². The van der Waals surface area contributed by atoms with Crippen molar-refractivity contribution in [2.75, 3.05) is 26.2 Å². The van der Waals surface area contributed by atoms with Gasteiger partial charge in [-0.1, -0.05) is 78.9 Å². The molecule has 2 aliphatic heterocycles. The molecule has 1 saturated heterocycles. The Kier molecular flexibility index (Phi) is 8.30. The lowest BCUT2D eigenvalue weighted by Crippen LogP contribution is -2.34. The number of carbonyl (C=O) groups excluding carboxylic acids is 1. The van der Waals surface area contributed by atoms with E-state index in [4.69, 9.17) is 0 Å². The van der Waals surface area contributed by atoms with E-state index in [2.05, 4.69) is 95.6 Å². The Morgan fingerprint density at radius 3 is 2.33 bits per heavy atom. The van der Waals surface area contributed by atoms with Crippen LogP contribution in [-0.2, 0) is 24.3 Å². The van der Waals surface area contributed by atoms with Crippen LogP contribution in [0.4, 0.5) is 0 Å². The molecule has 3 aromatic rings. The van der Waals surface area contributed by atoms with Crippen molar-refractivity contribution in [1.29, 1.82) is 0 Å². The lowest BCUT2D eigenvalue weighted by Gasteiger charge is -2.32. The summed E-state index contributed by atoms with van der Waals surface area (Å²) < 4.78 is 0. The molecule has 3 heteroatoms. The van der Waals surface area contributed by atoms with Crippen molar-refractivity contribution in [3.05, 3.63) is 107 Å². The molecule has 5 rings (SSSR count). The fraction of sp³-hybridized carbons (Fsp3) is 0.424. The first-order valence-electron chi connectivity index (χ1n) is 13.8. The summed E-state index contributed by atoms with van der Waals surface area (Å²) in [7, 11) is 0. The van der Waals surface area contributed by atoms with Gasteiger partial charge in [0.05, 0.1) is 5.92 Å². The molecule has 2 heterocycles. The van der Waals surface area contributed by atoms with E-state index in [0.717, 1.165) is 52.1 Å². The van der Waals surface area contributed by atoms with Gasteiger partial charge >= 0.3 is 0 Å². The summed E-state index contributed by atoms with van der Waals surface area (Å²) in [6.07, 6.45) is 5.18. The summed E-state index contributed by atoms with van der Waals surface area (Å²) in [5.74, 6) is 1.10. The normalized spacial score (nSPS) is 19.5. The van der Waals surface area contributed by atoms with Gasteiger partial charge in [0, 0.05) is 32.6 Å². The minimum Gasteiger partial charge on any atom is -0.299 e. The van der Waals surface area contributed by atoms with E-state index in [0.29, 0.717) is 18.1 Å². The third kappa shape index (κ3) is 6.32. The molecule has 0 spiro atoms. The van der Waals surface area contributed by atoms with Gasteiger partial charge in [0.25, 0.3) is 0 Å². The molecule has 0 aromatic heterocycles. The predicted octanol–water partition coefficient (Wildman–Crippen LogP) is 6.40. The maximum Gasteiger partial charge on any atom is 0.141 e. The average Bonchev–Trinajstić information content (AvgIpc) is 3.10. The Balaban J connectivity index is 1.17. The van der Waals surface area contributed by atoms with Gasteiger partial charge in [-0.25, -0.2) is 0 Å². The standard InChI is InChI=1S/C33H40N2O/c1-26-9-5-6-13-30(26)24-34-20-17-27(18-21-34)15-16-33(36)32-25-35(23-28-10-3-2-4-11-28)22-19-29-12-7-8-14-31(29)32/h2-14,27,32H,15-25H2,1H3. The molecule has 0 radical (unpaired) electrons. The van der Waals surface area contributed by atoms with Crippen LogP contribution in [0.5, 0.6) is 0 Å². The number of benzene rings is 3. The first kappa shape index (κ1) is 24.9. The lowest BCUT2D eigenvalue weighted by atomic mass is 9.85. The third-order valence-electron chi connectivity index (χ3n) is 8.37. The van der Waals surface area contributed by atoms with E-state index in [9.17, 15) is 4.79 Å². The first-order valence-corrected chi connectivity index (χ1v) is 13.8. The molecular weight excluding hydrogens is 440 g/mol. The van der Waals surface area contributed by atoms with Crippen molar-refractivity contribution in [1.82, 2.24) is 9.80 Å². The molecular formula is C33H40N2O. The summed E-state index contributed by atoms with van der Waals surface area (Å²) in [5, 5.41) is 0. The van der Waals surface area contributed by atoms with Crippen LogP contribution >= 0.6 is 0 Å². The Bertz CT molecular complexity index is 1130. The summed E-state index contributed by atoms with van der Waals surface area (Å²) >= 11 is 0. The van der Waals surface area contributed by atoms with E-state index in [1.807, 2.05) is 0 Å². The minimum absolute atomic E-state index is 0.00597. The Morgan fingerprint density at radius 2 is 1.53 bits per heavy atom. The monoisotopic (exact) mass is 480 g/mol.